The summed E-state index contributed by atoms with van der Waals surface area (Å²) in [6.45, 7) is 5.13. The Morgan fingerprint density at radius 2 is 2.05 bits per heavy atom. The fraction of sp³-hybridized carbons (Fsp3) is 0.625. The van der Waals surface area contributed by atoms with E-state index in [2.05, 4.69) is 19.6 Å². The molecule has 1 aromatic rings. The number of carbonyl (C=O) groups is 1. The third-order valence-electron chi connectivity index (χ3n) is 1.39. The molecule has 0 aliphatic rings. The van der Waals surface area contributed by atoms with Gasteiger partial charge < -0.3 is 5.11 Å². The SMILES string of the molecule is CC(C)(C)NS(=O)(=O)Nc1nnc(SCC(=O)O)s1. The maximum Gasteiger partial charge on any atom is 0.313 e. The average Bonchev–Trinajstić information content (AvgIpc) is 2.57. The number of aliphatic carboxylic acids is 1. The Morgan fingerprint density at radius 3 is 2.58 bits per heavy atom. The lowest BCUT2D eigenvalue weighted by Crippen LogP contribution is -2.43. The highest BCUT2D eigenvalue weighted by Gasteiger charge is 2.21. The van der Waals surface area contributed by atoms with E-state index in [0.717, 1.165) is 23.1 Å². The van der Waals surface area contributed by atoms with Crippen LogP contribution >= 0.6 is 23.1 Å². The second-order valence-electron chi connectivity index (χ2n) is 4.51. The zero-order chi connectivity index (χ0) is 14.7. The largest absolute Gasteiger partial charge is 0.481 e. The number of rotatable bonds is 6. The van der Waals surface area contributed by atoms with E-state index in [9.17, 15) is 13.2 Å². The molecule has 108 valence electrons. The molecule has 3 N–H and O–H groups in total. The Hall–Kier alpha value is -0.910. The normalized spacial score (nSPS) is 12.4. The van der Waals surface area contributed by atoms with Gasteiger partial charge in [0.25, 0.3) is 0 Å². The zero-order valence-electron chi connectivity index (χ0n) is 10.5. The quantitative estimate of drug-likeness (QED) is 0.660. The van der Waals surface area contributed by atoms with Crippen LogP contribution in [0.25, 0.3) is 0 Å². The van der Waals surface area contributed by atoms with Crippen LogP contribution < -0.4 is 9.44 Å². The minimum atomic E-state index is -3.73. The van der Waals surface area contributed by atoms with Crippen molar-refractivity contribution in [3.8, 4) is 0 Å². The van der Waals surface area contributed by atoms with Gasteiger partial charge in [-0.1, -0.05) is 23.1 Å². The monoisotopic (exact) mass is 326 g/mol. The molecule has 11 heteroatoms. The molecule has 0 saturated heterocycles. The summed E-state index contributed by atoms with van der Waals surface area (Å²) in [7, 11) is -3.73. The van der Waals surface area contributed by atoms with Gasteiger partial charge in [-0.15, -0.1) is 10.2 Å². The molecule has 1 rings (SSSR count). The fourth-order valence-corrected chi connectivity index (χ4v) is 3.92. The summed E-state index contributed by atoms with van der Waals surface area (Å²) in [4.78, 5) is 10.4. The van der Waals surface area contributed by atoms with Crippen LogP contribution in [0.3, 0.4) is 0 Å². The van der Waals surface area contributed by atoms with E-state index in [1.165, 1.54) is 0 Å². The van der Waals surface area contributed by atoms with Crippen molar-refractivity contribution in [3.63, 3.8) is 0 Å². The minimum absolute atomic E-state index is 0.0876. The van der Waals surface area contributed by atoms with E-state index in [4.69, 9.17) is 5.11 Å². The maximum atomic E-state index is 11.7. The van der Waals surface area contributed by atoms with Gasteiger partial charge in [-0.25, -0.2) is 4.72 Å². The number of carboxylic acid groups (broad SMARTS) is 1. The highest BCUT2D eigenvalue weighted by atomic mass is 32.2. The molecule has 0 spiro atoms. The molecule has 0 aliphatic carbocycles. The van der Waals surface area contributed by atoms with Crippen LogP contribution in [-0.2, 0) is 15.0 Å². The van der Waals surface area contributed by atoms with E-state index in [1.807, 2.05) is 0 Å². The van der Waals surface area contributed by atoms with Crippen LogP contribution in [-0.4, -0.2) is 41.0 Å². The van der Waals surface area contributed by atoms with Crippen molar-refractivity contribution < 1.29 is 18.3 Å². The van der Waals surface area contributed by atoms with Crippen molar-refractivity contribution in [2.45, 2.75) is 30.6 Å². The molecule has 0 unspecified atom stereocenters. The smallest absolute Gasteiger partial charge is 0.313 e. The number of hydrogen-bond donors (Lipinski definition) is 3. The number of nitrogens with one attached hydrogen (secondary N) is 2. The molecule has 1 aromatic heterocycles. The van der Waals surface area contributed by atoms with Gasteiger partial charge in [0.2, 0.25) is 5.13 Å². The lowest BCUT2D eigenvalue weighted by Gasteiger charge is -2.19. The number of anilines is 1. The van der Waals surface area contributed by atoms with Gasteiger partial charge in [0.05, 0.1) is 5.75 Å². The molecule has 1 heterocycles. The summed E-state index contributed by atoms with van der Waals surface area (Å²) in [6.07, 6.45) is 0. The van der Waals surface area contributed by atoms with Gasteiger partial charge in [0.15, 0.2) is 4.34 Å². The number of thioether (sulfide) groups is 1. The first-order valence-corrected chi connectivity index (χ1v) is 8.36. The molecule has 8 nitrogen and oxygen atoms in total. The second kappa shape index (κ2) is 6.03. The average molecular weight is 326 g/mol. The van der Waals surface area contributed by atoms with Crippen molar-refractivity contribution in [2.75, 3.05) is 10.5 Å². The first-order chi connectivity index (χ1) is 8.57. The number of aromatic nitrogens is 2. The maximum absolute atomic E-state index is 11.7. The predicted molar refractivity (Wildman–Crippen MR) is 73.7 cm³/mol. The van der Waals surface area contributed by atoms with Crippen molar-refractivity contribution >= 4 is 44.4 Å². The third kappa shape index (κ3) is 6.71. The van der Waals surface area contributed by atoms with Crippen molar-refractivity contribution in [3.05, 3.63) is 0 Å². The van der Waals surface area contributed by atoms with Crippen LogP contribution in [0.4, 0.5) is 5.13 Å². The Kier molecular flexibility index (Phi) is 5.12. The first kappa shape index (κ1) is 16.1. The highest BCUT2D eigenvalue weighted by molar-refractivity contribution is 8.01. The fourth-order valence-electron chi connectivity index (χ4n) is 0.976. The molecule has 0 atom stereocenters. The highest BCUT2D eigenvalue weighted by Crippen LogP contribution is 2.25. The van der Waals surface area contributed by atoms with E-state index < -0.39 is 21.7 Å². The Bertz CT molecular complexity index is 549. The van der Waals surface area contributed by atoms with Crippen LogP contribution in [0.5, 0.6) is 0 Å². The standard InChI is InChI=1S/C8H14N4O4S3/c1-8(2,3)12-19(15,16)11-6-9-10-7(18-6)17-4-5(13)14/h12H,4H2,1-3H3,(H,9,11)(H,13,14). The molecule has 0 bridgehead atoms. The Morgan fingerprint density at radius 1 is 1.42 bits per heavy atom. The van der Waals surface area contributed by atoms with Gasteiger partial charge in [0.1, 0.15) is 0 Å². The second-order valence-corrected chi connectivity index (χ2v) is 8.13. The molecule has 0 radical (unpaired) electrons. The van der Waals surface area contributed by atoms with E-state index in [-0.39, 0.29) is 10.9 Å². The molecular formula is C8H14N4O4S3. The summed E-state index contributed by atoms with van der Waals surface area (Å²) in [6, 6.07) is 0. The number of nitrogens with zero attached hydrogens (tertiary/aromatic N) is 2. The van der Waals surface area contributed by atoms with Gasteiger partial charge in [-0.05, 0) is 20.8 Å². The summed E-state index contributed by atoms with van der Waals surface area (Å²) in [5, 5.41) is 15.9. The van der Waals surface area contributed by atoms with Crippen LogP contribution in [0, 0.1) is 0 Å². The van der Waals surface area contributed by atoms with Gasteiger partial charge in [0, 0.05) is 5.54 Å². The van der Waals surface area contributed by atoms with Crippen molar-refractivity contribution in [1.29, 1.82) is 0 Å². The predicted octanol–water partition coefficient (Wildman–Crippen LogP) is 0.760. The topological polar surface area (TPSA) is 121 Å². The Balaban J connectivity index is 2.65. The minimum Gasteiger partial charge on any atom is -0.481 e. The lowest BCUT2D eigenvalue weighted by atomic mass is 10.1. The lowest BCUT2D eigenvalue weighted by molar-refractivity contribution is -0.133. The van der Waals surface area contributed by atoms with E-state index in [0.29, 0.717) is 4.34 Å². The van der Waals surface area contributed by atoms with Crippen LogP contribution in [0.2, 0.25) is 0 Å². The summed E-state index contributed by atoms with van der Waals surface area (Å²) >= 11 is 1.95. The number of carboxylic acids is 1. The van der Waals surface area contributed by atoms with Crippen LogP contribution in [0.1, 0.15) is 20.8 Å². The van der Waals surface area contributed by atoms with Crippen molar-refractivity contribution in [1.82, 2.24) is 14.9 Å². The van der Waals surface area contributed by atoms with E-state index in [1.54, 1.807) is 20.8 Å². The molecule has 19 heavy (non-hydrogen) atoms. The Labute approximate surface area is 119 Å². The molecule has 0 amide bonds. The third-order valence-corrected chi connectivity index (χ3v) is 4.82. The van der Waals surface area contributed by atoms with Gasteiger partial charge >= 0.3 is 16.2 Å². The first-order valence-electron chi connectivity index (χ1n) is 5.07. The van der Waals surface area contributed by atoms with E-state index >= 15 is 0 Å². The summed E-state index contributed by atoms with van der Waals surface area (Å²) in [5.74, 6) is -1.13. The zero-order valence-corrected chi connectivity index (χ0v) is 12.9. The molecule has 0 aliphatic heterocycles. The molecule has 0 saturated carbocycles. The molecule has 0 aromatic carbocycles. The molecule has 0 fully saturated rings. The van der Waals surface area contributed by atoms with Crippen LogP contribution in [0.15, 0.2) is 4.34 Å². The molecular weight excluding hydrogens is 312 g/mol. The number of hydrogen-bond acceptors (Lipinski definition) is 7. The van der Waals surface area contributed by atoms with Gasteiger partial charge in [-0.2, -0.15) is 13.1 Å². The summed E-state index contributed by atoms with van der Waals surface area (Å²) < 4.78 is 28.4. The van der Waals surface area contributed by atoms with Crippen molar-refractivity contribution in [2.24, 2.45) is 0 Å². The van der Waals surface area contributed by atoms with Gasteiger partial charge in [-0.3, -0.25) is 4.79 Å². The summed E-state index contributed by atoms with van der Waals surface area (Å²) in [5.41, 5.74) is -0.614.